The summed E-state index contributed by atoms with van der Waals surface area (Å²) in [7, 11) is 1.89. The van der Waals surface area contributed by atoms with E-state index >= 15 is 0 Å². The molecule has 0 fully saturated rings. The van der Waals surface area contributed by atoms with Crippen LogP contribution in [-0.4, -0.2) is 16.6 Å². The lowest BCUT2D eigenvalue weighted by Crippen LogP contribution is -2.29. The average molecular weight is 293 g/mol. The number of rotatable bonds is 4. The van der Waals surface area contributed by atoms with Gasteiger partial charge in [-0.3, -0.25) is 9.36 Å². The number of aromatic nitrogens is 2. The van der Waals surface area contributed by atoms with Crippen molar-refractivity contribution in [3.63, 3.8) is 0 Å². The summed E-state index contributed by atoms with van der Waals surface area (Å²) in [4.78, 5) is 17.7. The molecular formula is C18H19N3O. The Morgan fingerprint density at radius 3 is 2.45 bits per heavy atom. The van der Waals surface area contributed by atoms with Crippen LogP contribution in [0, 0.1) is 0 Å². The van der Waals surface area contributed by atoms with Crippen molar-refractivity contribution in [3.8, 4) is 5.69 Å². The van der Waals surface area contributed by atoms with E-state index in [-0.39, 0.29) is 11.6 Å². The fourth-order valence-electron chi connectivity index (χ4n) is 2.73. The molecule has 0 aliphatic carbocycles. The molecule has 112 valence electrons. The summed E-state index contributed by atoms with van der Waals surface area (Å²) in [5.74, 6) is 0.750. The molecule has 4 nitrogen and oxygen atoms in total. The van der Waals surface area contributed by atoms with E-state index in [4.69, 9.17) is 4.98 Å². The van der Waals surface area contributed by atoms with Gasteiger partial charge in [-0.1, -0.05) is 37.3 Å². The lowest BCUT2D eigenvalue weighted by molar-refractivity contribution is 0.529. The van der Waals surface area contributed by atoms with Crippen molar-refractivity contribution in [2.45, 2.75) is 19.4 Å². The number of benzene rings is 2. The zero-order valence-corrected chi connectivity index (χ0v) is 12.8. The summed E-state index contributed by atoms with van der Waals surface area (Å²) in [6, 6.07) is 17.2. The van der Waals surface area contributed by atoms with E-state index in [2.05, 4.69) is 12.2 Å². The highest BCUT2D eigenvalue weighted by atomic mass is 16.1. The maximum absolute atomic E-state index is 13.0. The first kappa shape index (κ1) is 14.5. The molecule has 1 N–H and O–H groups in total. The van der Waals surface area contributed by atoms with Crippen molar-refractivity contribution in [1.82, 2.24) is 14.9 Å². The van der Waals surface area contributed by atoms with Gasteiger partial charge in [0.1, 0.15) is 5.82 Å². The van der Waals surface area contributed by atoms with Gasteiger partial charge in [-0.25, -0.2) is 4.98 Å². The molecule has 0 radical (unpaired) electrons. The summed E-state index contributed by atoms with van der Waals surface area (Å²) in [5.41, 5.74) is 1.55. The molecular weight excluding hydrogens is 274 g/mol. The zero-order chi connectivity index (χ0) is 15.5. The van der Waals surface area contributed by atoms with E-state index in [1.54, 1.807) is 4.57 Å². The van der Waals surface area contributed by atoms with Crippen LogP contribution in [0.1, 0.15) is 25.2 Å². The molecule has 0 amide bonds. The first-order valence-electron chi connectivity index (χ1n) is 7.50. The minimum atomic E-state index is -0.0273. The minimum Gasteiger partial charge on any atom is -0.310 e. The lowest BCUT2D eigenvalue weighted by atomic mass is 10.1. The van der Waals surface area contributed by atoms with Crippen molar-refractivity contribution in [3.05, 3.63) is 70.8 Å². The third-order valence-electron chi connectivity index (χ3n) is 3.88. The van der Waals surface area contributed by atoms with Crippen LogP contribution < -0.4 is 10.9 Å². The molecule has 0 spiro atoms. The first-order valence-corrected chi connectivity index (χ1v) is 7.50. The monoisotopic (exact) mass is 293 g/mol. The summed E-state index contributed by atoms with van der Waals surface area (Å²) in [6.45, 7) is 2.08. The van der Waals surface area contributed by atoms with Crippen LogP contribution >= 0.6 is 0 Å². The van der Waals surface area contributed by atoms with E-state index in [0.717, 1.165) is 23.4 Å². The molecule has 1 aromatic heterocycles. The highest BCUT2D eigenvalue weighted by Crippen LogP contribution is 2.19. The third kappa shape index (κ3) is 2.42. The maximum Gasteiger partial charge on any atom is 0.266 e. The predicted molar refractivity (Wildman–Crippen MR) is 89.4 cm³/mol. The number of hydrogen-bond acceptors (Lipinski definition) is 3. The van der Waals surface area contributed by atoms with Gasteiger partial charge in [0.25, 0.3) is 5.56 Å². The molecule has 0 saturated carbocycles. The maximum atomic E-state index is 13.0. The standard InChI is InChI=1S/C18H19N3O/c1-3-15(19-2)17-20-16-12-8-7-11-14(16)18(22)21(17)13-9-5-4-6-10-13/h4-12,15,19H,3H2,1-2H3/t15-/m0/s1. The Bertz CT molecular complexity index is 836. The van der Waals surface area contributed by atoms with Gasteiger partial charge in [0.15, 0.2) is 0 Å². The number of nitrogens with one attached hydrogen (secondary N) is 1. The van der Waals surface area contributed by atoms with Crippen LogP contribution in [0.15, 0.2) is 59.4 Å². The van der Waals surface area contributed by atoms with Crippen molar-refractivity contribution in [2.75, 3.05) is 7.05 Å². The van der Waals surface area contributed by atoms with Gasteiger partial charge in [-0.15, -0.1) is 0 Å². The van der Waals surface area contributed by atoms with Gasteiger partial charge >= 0.3 is 0 Å². The van der Waals surface area contributed by atoms with Crippen LogP contribution in [0.4, 0.5) is 0 Å². The smallest absolute Gasteiger partial charge is 0.266 e. The van der Waals surface area contributed by atoms with Crippen LogP contribution in [-0.2, 0) is 0 Å². The molecule has 0 bridgehead atoms. The molecule has 0 unspecified atom stereocenters. The topological polar surface area (TPSA) is 46.9 Å². The highest BCUT2D eigenvalue weighted by Gasteiger charge is 2.18. The third-order valence-corrected chi connectivity index (χ3v) is 3.88. The molecule has 22 heavy (non-hydrogen) atoms. The van der Waals surface area contributed by atoms with Crippen molar-refractivity contribution in [2.24, 2.45) is 0 Å². The van der Waals surface area contributed by atoms with Gasteiger partial charge in [-0.2, -0.15) is 0 Å². The summed E-state index contributed by atoms with van der Waals surface area (Å²) in [6.07, 6.45) is 0.855. The van der Waals surface area contributed by atoms with Gasteiger partial charge in [-0.05, 0) is 37.7 Å². The van der Waals surface area contributed by atoms with E-state index in [9.17, 15) is 4.79 Å². The number of nitrogens with zero attached hydrogens (tertiary/aromatic N) is 2. The Morgan fingerprint density at radius 2 is 1.77 bits per heavy atom. The predicted octanol–water partition coefficient (Wildman–Crippen LogP) is 3.06. The largest absolute Gasteiger partial charge is 0.310 e. The molecule has 1 atom stereocenters. The minimum absolute atomic E-state index is 0.0255. The second kappa shape index (κ2) is 6.12. The molecule has 3 aromatic rings. The molecule has 0 aliphatic rings. The number of fused-ring (bicyclic) bond motifs is 1. The highest BCUT2D eigenvalue weighted by molar-refractivity contribution is 5.77. The van der Waals surface area contributed by atoms with Gasteiger partial charge in [0.2, 0.25) is 0 Å². The fraction of sp³-hybridized carbons (Fsp3) is 0.222. The summed E-state index contributed by atoms with van der Waals surface area (Å²) >= 11 is 0. The number of para-hydroxylation sites is 2. The Labute approximate surface area is 129 Å². The van der Waals surface area contributed by atoms with Gasteiger partial charge in [0, 0.05) is 0 Å². The molecule has 0 aliphatic heterocycles. The molecule has 0 saturated heterocycles. The number of hydrogen-bond donors (Lipinski definition) is 1. The van der Waals surface area contributed by atoms with E-state index in [1.165, 1.54) is 0 Å². The molecule has 3 rings (SSSR count). The van der Waals surface area contributed by atoms with Crippen LogP contribution in [0.2, 0.25) is 0 Å². The van der Waals surface area contributed by atoms with Crippen molar-refractivity contribution >= 4 is 10.9 Å². The quantitative estimate of drug-likeness (QED) is 0.804. The van der Waals surface area contributed by atoms with Crippen LogP contribution in [0.3, 0.4) is 0 Å². The van der Waals surface area contributed by atoms with Crippen molar-refractivity contribution in [1.29, 1.82) is 0 Å². The lowest BCUT2D eigenvalue weighted by Gasteiger charge is -2.20. The normalized spacial score (nSPS) is 12.5. The zero-order valence-electron chi connectivity index (χ0n) is 12.8. The van der Waals surface area contributed by atoms with E-state index in [1.807, 2.05) is 61.6 Å². The van der Waals surface area contributed by atoms with Crippen LogP contribution in [0.5, 0.6) is 0 Å². The Morgan fingerprint density at radius 1 is 1.09 bits per heavy atom. The second-order valence-corrected chi connectivity index (χ2v) is 5.21. The Kier molecular flexibility index (Phi) is 4.02. The fourth-order valence-corrected chi connectivity index (χ4v) is 2.73. The second-order valence-electron chi connectivity index (χ2n) is 5.21. The molecule has 1 heterocycles. The van der Waals surface area contributed by atoms with Crippen LogP contribution in [0.25, 0.3) is 16.6 Å². The SMILES string of the molecule is CC[C@H](NC)c1nc2ccccc2c(=O)n1-c1ccccc1. The Balaban J connectivity index is 2.38. The molecule has 4 heteroatoms. The molecule has 2 aromatic carbocycles. The van der Waals surface area contributed by atoms with Gasteiger partial charge < -0.3 is 5.32 Å². The summed E-state index contributed by atoms with van der Waals surface area (Å²) in [5, 5.41) is 3.89. The van der Waals surface area contributed by atoms with Crippen molar-refractivity contribution < 1.29 is 0 Å². The Hall–Kier alpha value is -2.46. The van der Waals surface area contributed by atoms with E-state index < -0.39 is 0 Å². The van der Waals surface area contributed by atoms with Gasteiger partial charge in [0.05, 0.1) is 22.6 Å². The average Bonchev–Trinajstić information content (AvgIpc) is 2.57. The summed E-state index contributed by atoms with van der Waals surface area (Å²) < 4.78 is 1.72. The first-order chi connectivity index (χ1) is 10.8. The van der Waals surface area contributed by atoms with E-state index in [0.29, 0.717) is 5.39 Å².